The number of aromatic nitrogens is 2. The minimum absolute atomic E-state index is 0.384. The molecule has 206 valence electrons. The van der Waals surface area contributed by atoms with Crippen LogP contribution in [0.2, 0.25) is 0 Å². The van der Waals surface area contributed by atoms with Crippen LogP contribution in [-0.2, 0) is 22.6 Å². The lowest BCUT2D eigenvalue weighted by atomic mass is 10.1. The number of hydrogen-bond acceptors (Lipinski definition) is 8. The number of hydrogen-bond donors (Lipinski definition) is 5. The van der Waals surface area contributed by atoms with Crippen LogP contribution in [0.1, 0.15) is 30.2 Å². The monoisotopic (exact) mass is 532 g/mol. The van der Waals surface area contributed by atoms with E-state index >= 15 is 0 Å². The van der Waals surface area contributed by atoms with Gasteiger partial charge < -0.3 is 35.4 Å². The number of benzene rings is 3. The number of nitrogens with one attached hydrogen (secondary N) is 2. The molecule has 0 spiro atoms. The third kappa shape index (κ3) is 6.58. The Balaban J connectivity index is 1.15. The quantitative estimate of drug-likeness (QED) is 0.166. The van der Waals surface area contributed by atoms with Crippen LogP contribution < -0.4 is 10.6 Å². The second kappa shape index (κ2) is 13.1. The number of aliphatic hydroxyl groups excluding tert-OH is 3. The van der Waals surface area contributed by atoms with E-state index in [9.17, 15) is 15.3 Å². The third-order valence-corrected chi connectivity index (χ3v) is 6.90. The molecule has 0 unspecified atom stereocenters. The van der Waals surface area contributed by atoms with Gasteiger partial charge in [0.2, 0.25) is 5.95 Å². The Morgan fingerprint density at radius 3 is 2.49 bits per heavy atom. The molecule has 4 aromatic rings. The summed E-state index contributed by atoms with van der Waals surface area (Å²) in [6, 6.07) is 25.9. The normalized spacial score (nSPS) is 20.9. The van der Waals surface area contributed by atoms with E-state index in [0.29, 0.717) is 19.1 Å². The Morgan fingerprint density at radius 2 is 1.67 bits per heavy atom. The van der Waals surface area contributed by atoms with Gasteiger partial charge in [-0.15, -0.1) is 0 Å². The summed E-state index contributed by atoms with van der Waals surface area (Å²) in [6.07, 6.45) is -2.14. The maximum atomic E-state index is 10.7. The predicted octanol–water partition coefficient (Wildman–Crippen LogP) is 3.67. The van der Waals surface area contributed by atoms with E-state index in [-0.39, 0.29) is 6.61 Å². The molecule has 3 aromatic carbocycles. The Morgan fingerprint density at radius 1 is 0.872 bits per heavy atom. The average Bonchev–Trinajstić information content (AvgIpc) is 3.48. The van der Waals surface area contributed by atoms with Gasteiger partial charge in [-0.05, 0) is 48.2 Å². The largest absolute Gasteiger partial charge is 0.394 e. The molecule has 9 heteroatoms. The molecule has 0 radical (unpaired) electrons. The highest BCUT2D eigenvalue weighted by Crippen LogP contribution is 2.35. The van der Waals surface area contributed by atoms with Crippen LogP contribution in [0.3, 0.4) is 0 Å². The van der Waals surface area contributed by atoms with E-state index in [0.717, 1.165) is 48.3 Å². The fourth-order valence-electron chi connectivity index (χ4n) is 4.82. The summed E-state index contributed by atoms with van der Waals surface area (Å²) in [5.41, 5.74) is 4.79. The van der Waals surface area contributed by atoms with Gasteiger partial charge in [-0.2, -0.15) is 0 Å². The zero-order valence-corrected chi connectivity index (χ0v) is 21.8. The Bertz CT molecular complexity index is 1330. The van der Waals surface area contributed by atoms with Crippen molar-refractivity contribution in [3.63, 3.8) is 0 Å². The lowest BCUT2D eigenvalue weighted by Crippen LogP contribution is -2.33. The smallest absolute Gasteiger partial charge is 0.206 e. The number of rotatable bonds is 13. The number of nitrogens with zero attached hydrogens (tertiary/aromatic N) is 2. The van der Waals surface area contributed by atoms with Gasteiger partial charge in [0.05, 0.1) is 24.2 Å². The Labute approximate surface area is 228 Å². The second-order valence-corrected chi connectivity index (χ2v) is 9.75. The first kappa shape index (κ1) is 27.1. The average molecular weight is 533 g/mol. The van der Waals surface area contributed by atoms with Gasteiger partial charge in [0, 0.05) is 25.4 Å². The highest BCUT2D eigenvalue weighted by atomic mass is 16.6. The maximum Gasteiger partial charge on any atom is 0.206 e. The van der Waals surface area contributed by atoms with Gasteiger partial charge in [0.15, 0.2) is 6.23 Å². The van der Waals surface area contributed by atoms with Crippen LogP contribution in [0.15, 0.2) is 78.9 Å². The molecular formula is C30H36N4O5. The molecule has 1 saturated heterocycles. The van der Waals surface area contributed by atoms with Crippen LogP contribution in [0.5, 0.6) is 0 Å². The standard InChI is InChI=1S/C30H36N4O5/c35-19-26-27(36)28(37)29(39-26)34-25-14-5-4-13-24(25)33-30(34)32-18-22-11-8-12-23(17-22)31-15-6-7-16-38-20-21-9-2-1-3-10-21/h1-5,8-14,17,26-29,31,35-37H,6-7,15-16,18-20H2,(H,32,33)/t26-,27-,28-,29-/m1/s1. The van der Waals surface area contributed by atoms with Crippen LogP contribution in [-0.4, -0.2) is 62.9 Å². The zero-order valence-electron chi connectivity index (χ0n) is 21.8. The number of unbranched alkanes of at least 4 members (excludes halogenated alkanes) is 1. The van der Waals surface area contributed by atoms with Crippen molar-refractivity contribution < 1.29 is 24.8 Å². The summed E-state index contributed by atoms with van der Waals surface area (Å²) in [5.74, 6) is 0.514. The van der Waals surface area contributed by atoms with Gasteiger partial charge in [0.25, 0.3) is 0 Å². The lowest BCUT2D eigenvalue weighted by molar-refractivity contribution is -0.0499. The SMILES string of the molecule is OC[C@H]1O[C@@H](n2c(NCc3cccc(NCCCCOCc4ccccc4)c3)nc3ccccc32)[C@H](O)[C@@H]1O. The summed E-state index contributed by atoms with van der Waals surface area (Å²) in [7, 11) is 0. The first-order valence-corrected chi connectivity index (χ1v) is 13.4. The zero-order chi connectivity index (χ0) is 27.0. The van der Waals surface area contributed by atoms with E-state index in [1.165, 1.54) is 5.56 Å². The van der Waals surface area contributed by atoms with E-state index < -0.39 is 24.5 Å². The minimum Gasteiger partial charge on any atom is -0.394 e. The third-order valence-electron chi connectivity index (χ3n) is 6.90. The molecular weight excluding hydrogens is 496 g/mol. The molecule has 0 amide bonds. The minimum atomic E-state index is -1.20. The van der Waals surface area contributed by atoms with Gasteiger partial charge in [0.1, 0.15) is 18.3 Å². The molecule has 1 aliphatic heterocycles. The number of fused-ring (bicyclic) bond motifs is 1. The first-order chi connectivity index (χ1) is 19.1. The predicted molar refractivity (Wildman–Crippen MR) is 150 cm³/mol. The van der Waals surface area contributed by atoms with Crippen molar-refractivity contribution in [2.75, 3.05) is 30.4 Å². The molecule has 1 aliphatic rings. The first-order valence-electron chi connectivity index (χ1n) is 13.4. The second-order valence-electron chi connectivity index (χ2n) is 9.75. The molecule has 0 bridgehead atoms. The van der Waals surface area contributed by atoms with E-state index in [1.807, 2.05) is 60.7 Å². The van der Waals surface area contributed by atoms with Gasteiger partial charge >= 0.3 is 0 Å². The highest BCUT2D eigenvalue weighted by molar-refractivity contribution is 5.78. The number of anilines is 2. The maximum absolute atomic E-state index is 10.7. The van der Waals surface area contributed by atoms with Crippen LogP contribution >= 0.6 is 0 Å². The Hall–Kier alpha value is -3.47. The molecule has 0 aliphatic carbocycles. The number of aliphatic hydroxyl groups is 3. The molecule has 5 N–H and O–H groups in total. The molecule has 9 nitrogen and oxygen atoms in total. The number of ether oxygens (including phenoxy) is 2. The topological polar surface area (TPSA) is 121 Å². The summed E-state index contributed by atoms with van der Waals surface area (Å²) in [6.45, 7) is 2.35. The van der Waals surface area contributed by atoms with E-state index in [1.54, 1.807) is 4.57 Å². The van der Waals surface area contributed by atoms with Crippen molar-refractivity contribution in [1.29, 1.82) is 0 Å². The van der Waals surface area contributed by atoms with Crippen molar-refractivity contribution in [3.05, 3.63) is 90.0 Å². The fourth-order valence-corrected chi connectivity index (χ4v) is 4.82. The molecule has 1 fully saturated rings. The molecule has 0 saturated carbocycles. The fraction of sp³-hybridized carbons (Fsp3) is 0.367. The Kier molecular flexibility index (Phi) is 9.08. The number of para-hydroxylation sites is 2. The lowest BCUT2D eigenvalue weighted by Gasteiger charge is -2.20. The number of imidazole rings is 1. The van der Waals surface area contributed by atoms with Crippen LogP contribution in [0, 0.1) is 0 Å². The van der Waals surface area contributed by atoms with Gasteiger partial charge in [-0.25, -0.2) is 4.98 Å². The highest BCUT2D eigenvalue weighted by Gasteiger charge is 2.44. The van der Waals surface area contributed by atoms with Crippen molar-refractivity contribution >= 4 is 22.7 Å². The van der Waals surface area contributed by atoms with Crippen LogP contribution in [0.25, 0.3) is 11.0 Å². The molecule has 2 heterocycles. The van der Waals surface area contributed by atoms with Gasteiger partial charge in [-0.1, -0.05) is 54.6 Å². The summed E-state index contributed by atoms with van der Waals surface area (Å²) in [5, 5.41) is 37.4. The molecule has 5 rings (SSSR count). The van der Waals surface area contributed by atoms with Crippen molar-refractivity contribution in [1.82, 2.24) is 9.55 Å². The van der Waals surface area contributed by atoms with E-state index in [2.05, 4.69) is 28.8 Å². The molecule has 1 aromatic heterocycles. The molecule has 4 atom stereocenters. The summed E-state index contributed by atoms with van der Waals surface area (Å²) >= 11 is 0. The van der Waals surface area contributed by atoms with Crippen molar-refractivity contribution in [2.45, 2.75) is 50.5 Å². The van der Waals surface area contributed by atoms with Crippen LogP contribution in [0.4, 0.5) is 11.6 Å². The summed E-state index contributed by atoms with van der Waals surface area (Å²) in [4.78, 5) is 4.70. The summed E-state index contributed by atoms with van der Waals surface area (Å²) < 4.78 is 13.3. The van der Waals surface area contributed by atoms with Crippen molar-refractivity contribution in [2.24, 2.45) is 0 Å². The van der Waals surface area contributed by atoms with Crippen molar-refractivity contribution in [3.8, 4) is 0 Å². The van der Waals surface area contributed by atoms with Gasteiger partial charge in [-0.3, -0.25) is 4.57 Å². The van der Waals surface area contributed by atoms with E-state index in [4.69, 9.17) is 14.5 Å². The molecule has 39 heavy (non-hydrogen) atoms.